The monoisotopic (exact) mass is 718 g/mol. The Hall–Kier alpha value is -6.86. The maximum Gasteiger partial charge on any atom is 0.0974 e. The van der Waals surface area contributed by atoms with Crippen LogP contribution in [0.1, 0.15) is 23.2 Å². The van der Waals surface area contributed by atoms with E-state index in [0.29, 0.717) is 0 Å². The van der Waals surface area contributed by atoms with Gasteiger partial charge in [0.25, 0.3) is 0 Å². The first-order valence-electron chi connectivity index (χ1n) is 18.9. The van der Waals surface area contributed by atoms with Crippen LogP contribution in [-0.4, -0.2) is 4.57 Å². The van der Waals surface area contributed by atoms with Crippen molar-refractivity contribution in [2.24, 2.45) is 0 Å². The number of hydrogen-bond donors (Lipinski definition) is 0. The first-order valence-corrected chi connectivity index (χ1v) is 19.7. The van der Waals surface area contributed by atoms with Crippen molar-refractivity contribution in [3.05, 3.63) is 205 Å². The van der Waals surface area contributed by atoms with Crippen LogP contribution in [0.15, 0.2) is 176 Å². The maximum atomic E-state index is 3.60. The van der Waals surface area contributed by atoms with Crippen molar-refractivity contribution >= 4 is 81.9 Å². The molecule has 55 heavy (non-hydrogen) atoms. The lowest BCUT2D eigenvalue weighted by atomic mass is 9.89. The molecule has 0 radical (unpaired) electrons. The van der Waals surface area contributed by atoms with Crippen LogP contribution < -0.4 is 4.90 Å². The fourth-order valence-corrected chi connectivity index (χ4v) is 9.75. The van der Waals surface area contributed by atoms with Gasteiger partial charge in [0.1, 0.15) is 0 Å². The largest absolute Gasteiger partial charge is 0.309 e. The second kappa shape index (κ2) is 12.9. The van der Waals surface area contributed by atoms with Crippen LogP contribution in [0.4, 0.5) is 17.1 Å². The van der Waals surface area contributed by atoms with E-state index in [9.17, 15) is 0 Å². The fourth-order valence-electron chi connectivity index (χ4n) is 8.61. The Morgan fingerprint density at radius 2 is 1.29 bits per heavy atom. The van der Waals surface area contributed by atoms with Crippen LogP contribution in [-0.2, 0) is 6.42 Å². The molecule has 0 aliphatic heterocycles. The van der Waals surface area contributed by atoms with E-state index >= 15 is 0 Å². The molecule has 2 heterocycles. The molecule has 11 rings (SSSR count). The standard InChI is InChI=1S/C52H34N2S/c1-2-13-35(14-3-1)36-25-28-39(29-26-36)53(40-30-32-46-45-20-8-11-24-51(45)55-52(46)34-40)47-21-9-6-18-42(47)38-27-31-44-43-19-7-10-22-49(43)54(50(44)33-38)48-23-12-16-37-15-4-5-17-41(37)48/h1-25,28,30,32-34H,27,31H2. The predicted molar refractivity (Wildman–Crippen MR) is 234 cm³/mol. The number of aromatic nitrogens is 1. The van der Waals surface area contributed by atoms with E-state index < -0.39 is 0 Å². The zero-order chi connectivity index (χ0) is 36.3. The lowest BCUT2D eigenvalue weighted by Crippen LogP contribution is -2.12. The van der Waals surface area contributed by atoms with Crippen LogP contribution >= 0.6 is 11.3 Å². The number of aryl methyl sites for hydroxylation is 1. The third-order valence-corrected chi connectivity index (χ3v) is 12.3. The first kappa shape index (κ1) is 31.6. The normalized spacial score (nSPS) is 12.5. The highest BCUT2D eigenvalue weighted by molar-refractivity contribution is 7.25. The van der Waals surface area contributed by atoms with E-state index in [1.807, 2.05) is 11.3 Å². The highest BCUT2D eigenvalue weighted by Gasteiger charge is 2.25. The van der Waals surface area contributed by atoms with Crippen LogP contribution in [0, 0.1) is 12.1 Å². The maximum absolute atomic E-state index is 3.60. The molecular formula is C52H34N2S. The molecule has 0 fully saturated rings. The Bertz CT molecular complexity index is 3090. The van der Waals surface area contributed by atoms with Crippen molar-refractivity contribution in [3.8, 4) is 16.8 Å². The first-order chi connectivity index (χ1) is 27.3. The Morgan fingerprint density at radius 3 is 2.18 bits per heavy atom. The molecule has 2 nitrogen and oxygen atoms in total. The number of fused-ring (bicyclic) bond motifs is 7. The highest BCUT2D eigenvalue weighted by atomic mass is 32.1. The van der Waals surface area contributed by atoms with E-state index in [1.54, 1.807) is 0 Å². The van der Waals surface area contributed by atoms with Gasteiger partial charge in [0, 0.05) is 47.8 Å². The summed E-state index contributed by atoms with van der Waals surface area (Å²) in [7, 11) is 0. The van der Waals surface area contributed by atoms with E-state index in [2.05, 4.69) is 204 Å². The molecule has 1 aliphatic rings. The van der Waals surface area contributed by atoms with Crippen LogP contribution in [0.2, 0.25) is 0 Å². The third kappa shape index (κ3) is 5.26. The van der Waals surface area contributed by atoms with Crippen molar-refractivity contribution in [1.29, 1.82) is 0 Å². The lowest BCUT2D eigenvalue weighted by molar-refractivity contribution is 0.982. The zero-order valence-electron chi connectivity index (χ0n) is 30.0. The van der Waals surface area contributed by atoms with Gasteiger partial charge in [-0.05, 0) is 95.6 Å². The van der Waals surface area contributed by atoms with Crippen molar-refractivity contribution in [2.45, 2.75) is 12.8 Å². The van der Waals surface area contributed by atoms with Gasteiger partial charge in [0.05, 0.1) is 28.3 Å². The molecule has 0 unspecified atom stereocenters. The number of para-hydroxylation sites is 2. The van der Waals surface area contributed by atoms with Gasteiger partial charge in [-0.3, -0.25) is 0 Å². The van der Waals surface area contributed by atoms with E-state index in [0.717, 1.165) is 41.0 Å². The van der Waals surface area contributed by atoms with Gasteiger partial charge >= 0.3 is 0 Å². The molecule has 0 amide bonds. The Kier molecular flexibility index (Phi) is 7.43. The van der Waals surface area contributed by atoms with Gasteiger partial charge in [-0.2, -0.15) is 0 Å². The van der Waals surface area contributed by atoms with Gasteiger partial charge in [0.15, 0.2) is 0 Å². The molecule has 0 bridgehead atoms. The highest BCUT2D eigenvalue weighted by Crippen LogP contribution is 2.46. The second-order valence-electron chi connectivity index (χ2n) is 14.3. The summed E-state index contributed by atoms with van der Waals surface area (Å²) < 4.78 is 5.07. The number of thiophene rings is 1. The number of benzene rings is 7. The molecule has 3 heteroatoms. The summed E-state index contributed by atoms with van der Waals surface area (Å²) in [4.78, 5) is 2.38. The second-order valence-corrected chi connectivity index (χ2v) is 15.3. The van der Waals surface area contributed by atoms with Crippen LogP contribution in [0.5, 0.6) is 0 Å². The van der Waals surface area contributed by atoms with Crippen molar-refractivity contribution in [2.75, 3.05) is 4.90 Å². The number of rotatable bonds is 6. The summed E-state index contributed by atoms with van der Waals surface area (Å²) in [6.45, 7) is 0. The van der Waals surface area contributed by atoms with Gasteiger partial charge in [-0.15, -0.1) is 11.3 Å². The SMILES string of the molecule is c1c(-c2ccccc2)ccc(N(c2ccc3c(c2)sc2ccccc23)c2ccccc2C2=Cc3c(c4ccccc4n3-c3cccc4ccccc34)CC2)c#1. The molecule has 8 aromatic carbocycles. The average Bonchev–Trinajstić information content (AvgIpc) is 3.79. The molecule has 1 aliphatic carbocycles. The quantitative estimate of drug-likeness (QED) is 0.166. The van der Waals surface area contributed by atoms with Crippen LogP contribution in [0.25, 0.3) is 70.3 Å². The smallest absolute Gasteiger partial charge is 0.0974 e. The molecular weight excluding hydrogens is 685 g/mol. The van der Waals surface area contributed by atoms with Crippen molar-refractivity contribution in [1.82, 2.24) is 4.57 Å². The summed E-state index contributed by atoms with van der Waals surface area (Å²) in [5.41, 5.74) is 13.0. The molecule has 2 aromatic heterocycles. The molecule has 10 aromatic rings. The number of anilines is 3. The topological polar surface area (TPSA) is 8.17 Å². The average molecular weight is 719 g/mol. The number of allylic oxidation sites excluding steroid dienone is 1. The predicted octanol–water partition coefficient (Wildman–Crippen LogP) is 14.4. The fraction of sp³-hybridized carbons (Fsp3) is 0.0385. The molecule has 0 N–H and O–H groups in total. The summed E-state index contributed by atoms with van der Waals surface area (Å²) in [6, 6.07) is 70.7. The Labute approximate surface area is 324 Å². The summed E-state index contributed by atoms with van der Waals surface area (Å²) in [6.07, 6.45) is 4.37. The minimum Gasteiger partial charge on any atom is -0.309 e. The minimum atomic E-state index is 0.944. The number of hydrogen-bond acceptors (Lipinski definition) is 2. The number of nitrogens with zero attached hydrogens (tertiary/aromatic N) is 2. The lowest BCUT2D eigenvalue weighted by Gasteiger charge is -2.28. The summed E-state index contributed by atoms with van der Waals surface area (Å²) in [5.74, 6) is 0. The minimum absolute atomic E-state index is 0.944. The zero-order valence-corrected chi connectivity index (χ0v) is 30.9. The van der Waals surface area contributed by atoms with Gasteiger partial charge in [-0.25, -0.2) is 0 Å². The van der Waals surface area contributed by atoms with Crippen molar-refractivity contribution in [3.63, 3.8) is 0 Å². The molecule has 0 atom stereocenters. The Morgan fingerprint density at radius 1 is 0.545 bits per heavy atom. The summed E-state index contributed by atoms with van der Waals surface area (Å²) >= 11 is 1.85. The van der Waals surface area contributed by atoms with E-state index in [-0.39, 0.29) is 0 Å². The molecule has 0 spiro atoms. The van der Waals surface area contributed by atoms with Gasteiger partial charge in [0.2, 0.25) is 0 Å². The third-order valence-electron chi connectivity index (χ3n) is 11.2. The summed E-state index contributed by atoms with van der Waals surface area (Å²) in [5, 5.41) is 6.42. The molecule has 258 valence electrons. The van der Waals surface area contributed by atoms with E-state index in [4.69, 9.17) is 0 Å². The van der Waals surface area contributed by atoms with Crippen LogP contribution in [0.3, 0.4) is 0 Å². The molecule has 0 saturated heterocycles. The van der Waals surface area contributed by atoms with Crippen molar-refractivity contribution < 1.29 is 0 Å². The molecule has 0 saturated carbocycles. The van der Waals surface area contributed by atoms with E-state index in [1.165, 1.54) is 69.9 Å². The van der Waals surface area contributed by atoms with Gasteiger partial charge < -0.3 is 9.47 Å². The van der Waals surface area contributed by atoms with Gasteiger partial charge in [-0.1, -0.05) is 133 Å². The Balaban J connectivity index is 1.11.